The Balaban J connectivity index is 2.31. The Labute approximate surface area is 103 Å². The second-order valence-electron chi connectivity index (χ2n) is 3.88. The van der Waals surface area contributed by atoms with Crippen molar-refractivity contribution in [3.63, 3.8) is 0 Å². The zero-order valence-corrected chi connectivity index (χ0v) is 10.5. The zero-order chi connectivity index (χ0) is 10.3. The van der Waals surface area contributed by atoms with Crippen LogP contribution >= 0.6 is 9.07 Å². The number of hydrogen-bond donors (Lipinski definition) is 0. The number of hydrogen-bond acceptors (Lipinski definition) is 0. The molecule has 0 spiro atoms. The quantitative estimate of drug-likeness (QED) is 0.650. The van der Waals surface area contributed by atoms with E-state index in [-0.39, 0.29) is 0 Å². The molecule has 0 unspecified atom stereocenters. The van der Waals surface area contributed by atoms with Gasteiger partial charge in [0.15, 0.2) is 0 Å². The summed E-state index contributed by atoms with van der Waals surface area (Å²) in [5, 5.41) is 0. The SMILES string of the molecule is [Cl][Mg][CH]1c2ccccc2-c2ccccc21. The summed E-state index contributed by atoms with van der Waals surface area (Å²) in [7, 11) is 6.20. The lowest BCUT2D eigenvalue weighted by Gasteiger charge is -2.07. The fraction of sp³-hybridized carbons (Fsp3) is 0.0769. The highest BCUT2D eigenvalue weighted by Crippen LogP contribution is 2.43. The minimum Gasteiger partial charge on any atom is -0.345 e. The van der Waals surface area contributed by atoms with Crippen molar-refractivity contribution in [2.24, 2.45) is 0 Å². The largest absolute Gasteiger partial charge is 0.513 e. The molecule has 0 radical (unpaired) electrons. The topological polar surface area (TPSA) is 0 Å². The first-order valence-corrected chi connectivity index (χ1v) is 8.11. The third-order valence-electron chi connectivity index (χ3n) is 3.12. The summed E-state index contributed by atoms with van der Waals surface area (Å²) in [5.41, 5.74) is 5.62. The van der Waals surface area contributed by atoms with Crippen LogP contribution in [0.4, 0.5) is 0 Å². The van der Waals surface area contributed by atoms with Gasteiger partial charge < -0.3 is 9.07 Å². The Bertz CT molecular complexity index is 462. The molecule has 2 aromatic carbocycles. The highest BCUT2D eigenvalue weighted by Gasteiger charge is 2.27. The molecule has 0 saturated heterocycles. The lowest BCUT2D eigenvalue weighted by molar-refractivity contribution is 1.20. The predicted molar refractivity (Wildman–Crippen MR) is 65.3 cm³/mol. The fourth-order valence-electron chi connectivity index (χ4n) is 2.43. The number of halogens is 1. The van der Waals surface area contributed by atoms with Crippen molar-refractivity contribution in [2.75, 3.05) is 0 Å². The number of fused-ring (bicyclic) bond motifs is 3. The molecule has 2 aromatic rings. The minimum atomic E-state index is -0.555. The predicted octanol–water partition coefficient (Wildman–Crippen LogP) is 3.61. The first-order valence-electron chi connectivity index (χ1n) is 5.16. The molecule has 0 fully saturated rings. The number of benzene rings is 2. The molecule has 0 amide bonds. The molecule has 0 aliphatic heterocycles. The molecule has 0 bridgehead atoms. The van der Waals surface area contributed by atoms with Gasteiger partial charge in [-0.1, -0.05) is 63.7 Å². The molecule has 0 atom stereocenters. The summed E-state index contributed by atoms with van der Waals surface area (Å²) in [6.07, 6.45) is 0. The molecule has 0 nitrogen and oxygen atoms in total. The van der Waals surface area contributed by atoms with Crippen LogP contribution in [0.25, 0.3) is 11.1 Å². The van der Waals surface area contributed by atoms with Crippen LogP contribution in [0.1, 0.15) is 15.2 Å². The standard InChI is InChI=1S/C13H9.ClH.Mg/c1-3-7-12-10(5-1)9-11-6-2-4-8-13(11)12;;/h1-9H;1H;/q;;+1/p-1. The molecule has 0 aromatic heterocycles. The lowest BCUT2D eigenvalue weighted by atomic mass is 10.1. The van der Waals surface area contributed by atoms with Gasteiger partial charge in [0, 0.05) is 0 Å². The van der Waals surface area contributed by atoms with E-state index in [0.717, 1.165) is 0 Å². The molecule has 1 aliphatic carbocycles. The molecule has 2 heteroatoms. The summed E-state index contributed by atoms with van der Waals surface area (Å²) in [5.74, 6) is 0. The van der Waals surface area contributed by atoms with Gasteiger partial charge >= 0.3 is 19.3 Å². The van der Waals surface area contributed by atoms with E-state index in [1.807, 2.05) is 0 Å². The molecular formula is C13H9ClMg. The summed E-state index contributed by atoms with van der Waals surface area (Å²) in [4.78, 5) is 0. The van der Waals surface area contributed by atoms with Crippen LogP contribution < -0.4 is 0 Å². The summed E-state index contributed by atoms with van der Waals surface area (Å²) < 4.78 is 0.513. The minimum absolute atomic E-state index is 0.513. The highest BCUT2D eigenvalue weighted by atomic mass is 35.5. The van der Waals surface area contributed by atoms with E-state index in [1.54, 1.807) is 0 Å². The van der Waals surface area contributed by atoms with E-state index in [0.29, 0.717) is 4.05 Å². The van der Waals surface area contributed by atoms with Crippen molar-refractivity contribution in [1.29, 1.82) is 0 Å². The Morgan fingerprint density at radius 1 is 0.800 bits per heavy atom. The van der Waals surface area contributed by atoms with Crippen molar-refractivity contribution in [1.82, 2.24) is 0 Å². The molecule has 0 saturated carbocycles. The maximum atomic E-state index is 6.20. The van der Waals surface area contributed by atoms with Crippen LogP contribution in [0, 0.1) is 0 Å². The fourth-order valence-corrected chi connectivity index (χ4v) is 4.47. The van der Waals surface area contributed by atoms with E-state index in [4.69, 9.17) is 9.07 Å². The van der Waals surface area contributed by atoms with Crippen LogP contribution in [0.3, 0.4) is 0 Å². The monoisotopic (exact) mass is 224 g/mol. The molecular weight excluding hydrogens is 216 g/mol. The van der Waals surface area contributed by atoms with Crippen molar-refractivity contribution < 1.29 is 0 Å². The normalized spacial score (nSPS) is 13.1. The van der Waals surface area contributed by atoms with Gasteiger partial charge in [-0.2, -0.15) is 0 Å². The van der Waals surface area contributed by atoms with Crippen LogP contribution in [0.15, 0.2) is 48.5 Å². The van der Waals surface area contributed by atoms with Gasteiger partial charge in [0.25, 0.3) is 0 Å². The maximum Gasteiger partial charge on any atom is 0.513 e. The third-order valence-corrected chi connectivity index (χ3v) is 5.23. The van der Waals surface area contributed by atoms with Crippen molar-refractivity contribution >= 4 is 28.3 Å². The van der Waals surface area contributed by atoms with Crippen molar-refractivity contribution in [2.45, 2.75) is 4.05 Å². The van der Waals surface area contributed by atoms with Gasteiger partial charge in [0.1, 0.15) is 0 Å². The summed E-state index contributed by atoms with van der Waals surface area (Å²) in [6.45, 7) is 0. The van der Waals surface area contributed by atoms with Crippen molar-refractivity contribution in [3.8, 4) is 11.1 Å². The molecule has 0 heterocycles. The Morgan fingerprint density at radius 2 is 1.27 bits per heavy atom. The number of rotatable bonds is 1. The summed E-state index contributed by atoms with van der Waals surface area (Å²) in [6, 6.07) is 17.3. The van der Waals surface area contributed by atoms with E-state index in [1.165, 1.54) is 22.3 Å². The van der Waals surface area contributed by atoms with Gasteiger partial charge in [0.05, 0.1) is 0 Å². The Kier molecular flexibility index (Phi) is 2.47. The van der Waals surface area contributed by atoms with E-state index in [2.05, 4.69) is 48.5 Å². The first kappa shape index (κ1) is 9.70. The van der Waals surface area contributed by atoms with E-state index < -0.39 is 19.3 Å². The second kappa shape index (κ2) is 3.82. The first-order chi connectivity index (χ1) is 7.42. The maximum absolute atomic E-state index is 6.20. The Morgan fingerprint density at radius 3 is 1.73 bits per heavy atom. The molecule has 70 valence electrons. The smallest absolute Gasteiger partial charge is 0.345 e. The van der Waals surface area contributed by atoms with Gasteiger partial charge in [-0.3, -0.25) is 0 Å². The van der Waals surface area contributed by atoms with Crippen LogP contribution in [-0.2, 0) is 0 Å². The van der Waals surface area contributed by atoms with Crippen molar-refractivity contribution in [3.05, 3.63) is 59.7 Å². The summed E-state index contributed by atoms with van der Waals surface area (Å²) >= 11 is -0.555. The molecule has 1 aliphatic rings. The molecule has 15 heavy (non-hydrogen) atoms. The van der Waals surface area contributed by atoms with Gasteiger partial charge in [-0.15, -0.1) is 0 Å². The van der Waals surface area contributed by atoms with Crippen LogP contribution in [0.5, 0.6) is 0 Å². The van der Waals surface area contributed by atoms with Gasteiger partial charge in [-0.25, -0.2) is 0 Å². The lowest BCUT2D eigenvalue weighted by Crippen LogP contribution is -2.00. The third kappa shape index (κ3) is 1.42. The zero-order valence-electron chi connectivity index (χ0n) is 8.28. The van der Waals surface area contributed by atoms with Crippen LogP contribution in [0.2, 0.25) is 0 Å². The average molecular weight is 225 g/mol. The average Bonchev–Trinajstić information content (AvgIpc) is 2.63. The van der Waals surface area contributed by atoms with Gasteiger partial charge in [0.2, 0.25) is 0 Å². The highest BCUT2D eigenvalue weighted by molar-refractivity contribution is 6.94. The van der Waals surface area contributed by atoms with E-state index in [9.17, 15) is 0 Å². The molecule has 3 rings (SSSR count). The van der Waals surface area contributed by atoms with Crippen LogP contribution in [-0.4, -0.2) is 19.3 Å². The second-order valence-corrected chi connectivity index (χ2v) is 5.93. The molecule has 0 N–H and O–H groups in total. The van der Waals surface area contributed by atoms with E-state index >= 15 is 0 Å². The van der Waals surface area contributed by atoms with Gasteiger partial charge in [-0.05, 0) is 11.1 Å². The Hall–Kier alpha value is -0.504.